The van der Waals surface area contributed by atoms with Crippen molar-refractivity contribution in [2.75, 3.05) is 36.9 Å². The van der Waals surface area contributed by atoms with Crippen LogP contribution in [0.5, 0.6) is 0 Å². The van der Waals surface area contributed by atoms with Crippen molar-refractivity contribution in [1.82, 2.24) is 4.90 Å². The molecule has 23 heavy (non-hydrogen) atoms. The molecule has 1 unspecified atom stereocenters. The molecule has 1 aromatic rings. The van der Waals surface area contributed by atoms with Gasteiger partial charge in [0.05, 0.1) is 25.2 Å². The average Bonchev–Trinajstić information content (AvgIpc) is 2.49. The Bertz CT molecular complexity index is 687. The summed E-state index contributed by atoms with van der Waals surface area (Å²) in [5, 5.41) is 0.422. The molecule has 0 radical (unpaired) electrons. The number of sulfonamides is 1. The first-order valence-electron chi connectivity index (χ1n) is 7.34. The van der Waals surface area contributed by atoms with Crippen LogP contribution >= 0.6 is 11.6 Å². The highest BCUT2D eigenvalue weighted by Gasteiger charge is 2.33. The van der Waals surface area contributed by atoms with Crippen molar-refractivity contribution in [2.24, 2.45) is 0 Å². The van der Waals surface area contributed by atoms with E-state index in [1.165, 1.54) is 0 Å². The van der Waals surface area contributed by atoms with Crippen LogP contribution < -0.4 is 4.31 Å². The number of ether oxygens (including phenoxy) is 1. The predicted octanol–water partition coefficient (Wildman–Crippen LogP) is 1.66. The summed E-state index contributed by atoms with van der Waals surface area (Å²) in [6, 6.07) is 4.15. The summed E-state index contributed by atoms with van der Waals surface area (Å²) < 4.78 is 31.0. The van der Waals surface area contributed by atoms with Crippen molar-refractivity contribution >= 4 is 33.2 Å². The van der Waals surface area contributed by atoms with Gasteiger partial charge in [-0.25, -0.2) is 8.42 Å². The first-order chi connectivity index (χ1) is 10.7. The molecule has 0 spiro atoms. The Morgan fingerprint density at radius 1 is 1.35 bits per heavy atom. The summed E-state index contributed by atoms with van der Waals surface area (Å²) in [6.07, 6.45) is 1.09. The average molecular weight is 361 g/mol. The number of nitrogens with zero attached hydrogens (tertiary/aromatic N) is 2. The third kappa shape index (κ3) is 4.16. The Kier molecular flexibility index (Phi) is 5.54. The number of anilines is 1. The molecule has 1 aliphatic heterocycles. The number of hydrogen-bond acceptors (Lipinski definition) is 4. The van der Waals surface area contributed by atoms with Crippen LogP contribution in [0.15, 0.2) is 18.2 Å². The summed E-state index contributed by atoms with van der Waals surface area (Å²) >= 11 is 6.01. The highest BCUT2D eigenvalue weighted by atomic mass is 35.5. The minimum absolute atomic E-state index is 0.238. The number of aryl methyl sites for hydroxylation is 1. The normalized spacial score (nSPS) is 17.0. The van der Waals surface area contributed by atoms with Gasteiger partial charge in [0.1, 0.15) is 6.04 Å². The van der Waals surface area contributed by atoms with Crippen molar-refractivity contribution in [1.29, 1.82) is 0 Å². The molecule has 0 saturated carbocycles. The van der Waals surface area contributed by atoms with Crippen LogP contribution in [0.4, 0.5) is 5.69 Å². The van der Waals surface area contributed by atoms with E-state index in [4.69, 9.17) is 16.3 Å². The van der Waals surface area contributed by atoms with Gasteiger partial charge >= 0.3 is 0 Å². The monoisotopic (exact) mass is 360 g/mol. The van der Waals surface area contributed by atoms with Gasteiger partial charge in [-0.2, -0.15) is 0 Å². The largest absolute Gasteiger partial charge is 0.378 e. The fourth-order valence-electron chi connectivity index (χ4n) is 2.64. The summed E-state index contributed by atoms with van der Waals surface area (Å²) in [7, 11) is -3.64. The molecule has 1 amide bonds. The second-order valence-electron chi connectivity index (χ2n) is 5.60. The smallest absolute Gasteiger partial charge is 0.246 e. The zero-order chi connectivity index (χ0) is 17.2. The Morgan fingerprint density at radius 3 is 2.52 bits per heavy atom. The van der Waals surface area contributed by atoms with E-state index >= 15 is 0 Å². The van der Waals surface area contributed by atoms with Gasteiger partial charge in [-0.1, -0.05) is 17.7 Å². The lowest BCUT2D eigenvalue weighted by atomic mass is 10.1. The van der Waals surface area contributed by atoms with E-state index < -0.39 is 16.1 Å². The van der Waals surface area contributed by atoms with Crippen LogP contribution in [0, 0.1) is 6.92 Å². The fourth-order valence-corrected chi connectivity index (χ4v) is 4.03. The molecular formula is C15H21ClN2O4S. The molecule has 0 bridgehead atoms. The van der Waals surface area contributed by atoms with Crippen LogP contribution in [0.3, 0.4) is 0 Å². The molecule has 1 saturated heterocycles. The molecule has 1 fully saturated rings. The van der Waals surface area contributed by atoms with Gasteiger partial charge in [-0.15, -0.1) is 0 Å². The molecule has 0 N–H and O–H groups in total. The maximum Gasteiger partial charge on any atom is 0.246 e. The van der Waals surface area contributed by atoms with Gasteiger partial charge < -0.3 is 9.64 Å². The van der Waals surface area contributed by atoms with Gasteiger partial charge in [-0.05, 0) is 31.5 Å². The third-order valence-electron chi connectivity index (χ3n) is 3.80. The first kappa shape index (κ1) is 18.0. The Morgan fingerprint density at radius 2 is 1.96 bits per heavy atom. The van der Waals surface area contributed by atoms with E-state index in [1.54, 1.807) is 36.9 Å². The number of benzene rings is 1. The first-order valence-corrected chi connectivity index (χ1v) is 9.56. The van der Waals surface area contributed by atoms with Crippen molar-refractivity contribution in [3.05, 3.63) is 28.8 Å². The molecular weight excluding hydrogens is 340 g/mol. The van der Waals surface area contributed by atoms with Crippen LogP contribution in [0.25, 0.3) is 0 Å². The van der Waals surface area contributed by atoms with Gasteiger partial charge in [0, 0.05) is 18.1 Å². The lowest BCUT2D eigenvalue weighted by Gasteiger charge is -2.35. The molecule has 0 aromatic heterocycles. The number of rotatable bonds is 4. The topological polar surface area (TPSA) is 66.9 Å². The summed E-state index contributed by atoms with van der Waals surface area (Å²) in [5.41, 5.74) is 1.16. The predicted molar refractivity (Wildman–Crippen MR) is 90.4 cm³/mol. The maximum atomic E-state index is 12.7. The van der Waals surface area contributed by atoms with Gasteiger partial charge in [0.25, 0.3) is 0 Å². The molecule has 0 aliphatic carbocycles. The number of halogens is 1. The summed E-state index contributed by atoms with van der Waals surface area (Å²) in [4.78, 5) is 14.3. The SMILES string of the molecule is Cc1ccc(Cl)cc1N(C(C)C(=O)N1CCOCC1)S(C)(=O)=O. The van der Waals surface area contributed by atoms with E-state index in [0.717, 1.165) is 16.1 Å². The van der Waals surface area contributed by atoms with Crippen molar-refractivity contribution in [2.45, 2.75) is 19.9 Å². The van der Waals surface area contributed by atoms with Gasteiger partial charge in [-0.3, -0.25) is 9.10 Å². The number of morpholine rings is 1. The van der Waals surface area contributed by atoms with Crippen LogP contribution in [0.1, 0.15) is 12.5 Å². The quantitative estimate of drug-likeness (QED) is 0.819. The zero-order valence-electron chi connectivity index (χ0n) is 13.5. The number of hydrogen-bond donors (Lipinski definition) is 0. The second kappa shape index (κ2) is 7.07. The second-order valence-corrected chi connectivity index (χ2v) is 7.90. The highest BCUT2D eigenvalue weighted by Crippen LogP contribution is 2.28. The molecule has 8 heteroatoms. The molecule has 1 atom stereocenters. The maximum absolute atomic E-state index is 12.7. The lowest BCUT2D eigenvalue weighted by molar-refractivity contribution is -0.136. The Balaban J connectivity index is 2.39. The number of carbonyl (C=O) groups is 1. The molecule has 1 heterocycles. The molecule has 2 rings (SSSR count). The molecule has 1 aliphatic rings. The minimum atomic E-state index is -3.64. The Hall–Kier alpha value is -1.31. The van der Waals surface area contributed by atoms with E-state index in [9.17, 15) is 13.2 Å². The van der Waals surface area contributed by atoms with Crippen LogP contribution in [0.2, 0.25) is 5.02 Å². The molecule has 1 aromatic carbocycles. The van der Waals surface area contributed by atoms with Crippen molar-refractivity contribution in [3.63, 3.8) is 0 Å². The zero-order valence-corrected chi connectivity index (χ0v) is 15.0. The van der Waals surface area contributed by atoms with Crippen molar-refractivity contribution < 1.29 is 17.9 Å². The van der Waals surface area contributed by atoms with E-state index in [2.05, 4.69) is 0 Å². The summed E-state index contributed by atoms with van der Waals surface area (Å²) in [6.45, 7) is 5.25. The molecule has 6 nitrogen and oxygen atoms in total. The highest BCUT2D eigenvalue weighted by molar-refractivity contribution is 7.92. The van der Waals surface area contributed by atoms with Crippen LogP contribution in [-0.2, 0) is 19.6 Å². The minimum Gasteiger partial charge on any atom is -0.378 e. The van der Waals surface area contributed by atoms with Gasteiger partial charge in [0.15, 0.2) is 0 Å². The Labute approximate surface area is 142 Å². The van der Waals surface area contributed by atoms with E-state index in [0.29, 0.717) is 37.0 Å². The summed E-state index contributed by atoms with van der Waals surface area (Å²) in [5.74, 6) is -0.238. The lowest BCUT2D eigenvalue weighted by Crippen LogP contribution is -2.52. The molecule has 128 valence electrons. The number of amides is 1. The van der Waals surface area contributed by atoms with Crippen LogP contribution in [-0.4, -0.2) is 57.8 Å². The van der Waals surface area contributed by atoms with Gasteiger partial charge in [0.2, 0.25) is 15.9 Å². The van der Waals surface area contributed by atoms with E-state index in [1.807, 2.05) is 0 Å². The standard InChI is InChI=1S/C15H21ClN2O4S/c1-11-4-5-13(16)10-14(11)18(23(3,20)21)12(2)15(19)17-6-8-22-9-7-17/h4-5,10,12H,6-9H2,1-3H3. The van der Waals surface area contributed by atoms with Crippen molar-refractivity contribution in [3.8, 4) is 0 Å². The number of carbonyl (C=O) groups excluding carboxylic acids is 1. The fraction of sp³-hybridized carbons (Fsp3) is 0.533. The third-order valence-corrected chi connectivity index (χ3v) is 5.26. The van der Waals surface area contributed by atoms with E-state index in [-0.39, 0.29) is 5.91 Å².